The van der Waals surface area contributed by atoms with Gasteiger partial charge in [-0.2, -0.15) is 0 Å². The minimum atomic E-state index is -0.893. The lowest BCUT2D eigenvalue weighted by Crippen LogP contribution is -2.12. The third-order valence-electron chi connectivity index (χ3n) is 3.12. The first-order chi connectivity index (χ1) is 9.58. The molecule has 0 radical (unpaired) electrons. The summed E-state index contributed by atoms with van der Waals surface area (Å²) in [5.41, 5.74) is 2.47. The maximum Gasteiger partial charge on any atom is 0.316 e. The Labute approximate surface area is 118 Å². The van der Waals surface area contributed by atoms with E-state index in [1.165, 1.54) is 0 Å². The first kappa shape index (κ1) is 12.9. The van der Waals surface area contributed by atoms with Crippen LogP contribution in [0.1, 0.15) is 6.92 Å². The summed E-state index contributed by atoms with van der Waals surface area (Å²) in [5.74, 6) is -0.893. The molecule has 7 heteroatoms. The summed E-state index contributed by atoms with van der Waals surface area (Å²) < 4.78 is 1.94. The maximum absolute atomic E-state index is 10.9. The third kappa shape index (κ3) is 2.00. The number of carboxylic acids is 1. The summed E-state index contributed by atoms with van der Waals surface area (Å²) in [6.07, 6.45) is 0. The smallest absolute Gasteiger partial charge is 0.316 e. The number of hydrogen-bond acceptors (Lipinski definition) is 5. The van der Waals surface area contributed by atoms with E-state index >= 15 is 0 Å². The zero-order chi connectivity index (χ0) is 14.3. The van der Waals surface area contributed by atoms with E-state index in [1.54, 1.807) is 6.92 Å². The van der Waals surface area contributed by atoms with Gasteiger partial charge in [-0.05, 0) is 13.0 Å². The molecule has 1 aromatic carbocycles. The zero-order valence-electron chi connectivity index (χ0n) is 10.9. The van der Waals surface area contributed by atoms with Crippen molar-refractivity contribution in [2.45, 2.75) is 17.3 Å². The van der Waals surface area contributed by atoms with Crippen LogP contribution in [0.2, 0.25) is 0 Å². The van der Waals surface area contributed by atoms with Crippen molar-refractivity contribution in [2.24, 2.45) is 7.05 Å². The van der Waals surface area contributed by atoms with Crippen molar-refractivity contribution in [3.8, 4) is 0 Å². The normalized spacial score (nSPS) is 12.9. The molecule has 1 N–H and O–H groups in total. The summed E-state index contributed by atoms with van der Waals surface area (Å²) in [4.78, 5) is 15.3. The van der Waals surface area contributed by atoms with Gasteiger partial charge in [-0.25, -0.2) is 4.98 Å². The van der Waals surface area contributed by atoms with Crippen LogP contribution < -0.4 is 0 Å². The lowest BCUT2D eigenvalue weighted by Gasteiger charge is -2.03. The highest BCUT2D eigenvalue weighted by atomic mass is 32.2. The molecule has 2 aromatic heterocycles. The Morgan fingerprint density at radius 2 is 2.10 bits per heavy atom. The van der Waals surface area contributed by atoms with Crippen molar-refractivity contribution >= 4 is 39.8 Å². The number of aromatic nitrogens is 4. The fraction of sp³-hybridized carbons (Fsp3) is 0.231. The molecule has 0 fully saturated rings. The summed E-state index contributed by atoms with van der Waals surface area (Å²) in [7, 11) is 1.91. The van der Waals surface area contributed by atoms with Crippen LogP contribution in [0.5, 0.6) is 0 Å². The van der Waals surface area contributed by atoms with E-state index in [9.17, 15) is 4.79 Å². The molecule has 2 heterocycles. The van der Waals surface area contributed by atoms with Gasteiger partial charge in [0.25, 0.3) is 0 Å². The van der Waals surface area contributed by atoms with Gasteiger partial charge in [0.1, 0.15) is 10.8 Å². The number of rotatable bonds is 3. The van der Waals surface area contributed by atoms with Crippen molar-refractivity contribution in [2.75, 3.05) is 0 Å². The highest BCUT2D eigenvalue weighted by molar-refractivity contribution is 8.00. The van der Waals surface area contributed by atoms with Gasteiger partial charge < -0.3 is 9.67 Å². The monoisotopic (exact) mass is 288 g/mol. The Morgan fingerprint density at radius 1 is 1.35 bits per heavy atom. The molecule has 1 atom stereocenters. The molecule has 3 rings (SSSR count). The molecule has 3 aromatic rings. The minimum absolute atomic E-state index is 0.373. The van der Waals surface area contributed by atoms with Crippen LogP contribution >= 0.6 is 11.8 Å². The SMILES string of the molecule is C[C@@H](Sc1nnc2c3ccccc3n(C)c2n1)C(=O)O. The first-order valence-electron chi connectivity index (χ1n) is 6.05. The number of thioether (sulfide) groups is 1. The second kappa shape index (κ2) is 4.75. The molecule has 0 spiro atoms. The lowest BCUT2D eigenvalue weighted by molar-refractivity contribution is -0.136. The molecule has 6 nitrogen and oxygen atoms in total. The van der Waals surface area contributed by atoms with Crippen LogP contribution in [0.25, 0.3) is 22.1 Å². The second-order valence-electron chi connectivity index (χ2n) is 4.44. The number of aliphatic carboxylic acids is 1. The Hall–Kier alpha value is -2.15. The van der Waals surface area contributed by atoms with Crippen molar-refractivity contribution in [3.05, 3.63) is 24.3 Å². The summed E-state index contributed by atoms with van der Waals surface area (Å²) in [5, 5.41) is 17.9. The van der Waals surface area contributed by atoms with E-state index in [2.05, 4.69) is 15.2 Å². The van der Waals surface area contributed by atoms with Gasteiger partial charge in [0.15, 0.2) is 5.65 Å². The fourth-order valence-electron chi connectivity index (χ4n) is 2.05. The van der Waals surface area contributed by atoms with Gasteiger partial charge in [-0.15, -0.1) is 10.2 Å². The van der Waals surface area contributed by atoms with Crippen LogP contribution in [0.15, 0.2) is 29.4 Å². The molecule has 0 saturated heterocycles. The number of nitrogens with zero attached hydrogens (tertiary/aromatic N) is 4. The van der Waals surface area contributed by atoms with E-state index < -0.39 is 11.2 Å². The van der Waals surface area contributed by atoms with E-state index in [0.29, 0.717) is 10.8 Å². The molecule has 0 saturated carbocycles. The number of aryl methyl sites for hydroxylation is 1. The molecular weight excluding hydrogens is 276 g/mol. The topological polar surface area (TPSA) is 80.9 Å². The summed E-state index contributed by atoms with van der Waals surface area (Å²) in [6.45, 7) is 1.60. The van der Waals surface area contributed by atoms with E-state index in [0.717, 1.165) is 28.2 Å². The Kier molecular flexibility index (Phi) is 3.06. The molecule has 0 aliphatic rings. The van der Waals surface area contributed by atoms with Crippen molar-refractivity contribution in [1.82, 2.24) is 19.7 Å². The molecule has 0 bridgehead atoms. The van der Waals surface area contributed by atoms with Gasteiger partial charge in [-0.3, -0.25) is 4.79 Å². The average molecular weight is 288 g/mol. The number of fused-ring (bicyclic) bond motifs is 3. The predicted molar refractivity (Wildman–Crippen MR) is 76.8 cm³/mol. The molecular formula is C13H12N4O2S. The first-order valence-corrected chi connectivity index (χ1v) is 6.93. The lowest BCUT2D eigenvalue weighted by atomic mass is 10.2. The van der Waals surface area contributed by atoms with E-state index in [-0.39, 0.29) is 0 Å². The maximum atomic E-state index is 10.9. The van der Waals surface area contributed by atoms with Crippen LogP contribution in [-0.4, -0.2) is 36.1 Å². The van der Waals surface area contributed by atoms with Gasteiger partial charge in [0.05, 0.1) is 5.52 Å². The summed E-state index contributed by atoms with van der Waals surface area (Å²) in [6, 6.07) is 7.86. The highest BCUT2D eigenvalue weighted by Gasteiger charge is 2.17. The van der Waals surface area contributed by atoms with E-state index in [1.807, 2.05) is 35.9 Å². The number of carboxylic acid groups (broad SMARTS) is 1. The third-order valence-corrected chi connectivity index (χ3v) is 4.06. The van der Waals surface area contributed by atoms with Crippen LogP contribution in [0.4, 0.5) is 0 Å². The predicted octanol–water partition coefficient (Wildman–Crippen LogP) is 2.08. The Bertz CT molecular complexity index is 815. The van der Waals surface area contributed by atoms with Gasteiger partial charge in [-0.1, -0.05) is 30.0 Å². The Balaban J connectivity index is 2.14. The fourth-order valence-corrected chi connectivity index (χ4v) is 2.69. The van der Waals surface area contributed by atoms with E-state index in [4.69, 9.17) is 5.11 Å². The zero-order valence-corrected chi connectivity index (χ0v) is 11.8. The molecule has 20 heavy (non-hydrogen) atoms. The molecule has 0 aliphatic heterocycles. The van der Waals surface area contributed by atoms with Crippen LogP contribution in [0.3, 0.4) is 0 Å². The average Bonchev–Trinajstić information content (AvgIpc) is 2.73. The standard InChI is InChI=1S/C13H12N4O2S/c1-7(12(18)19)20-13-14-11-10(15-16-13)8-5-3-4-6-9(8)17(11)2/h3-7H,1-2H3,(H,18,19)/t7-/m1/s1. The molecule has 0 amide bonds. The number of benzene rings is 1. The highest BCUT2D eigenvalue weighted by Crippen LogP contribution is 2.26. The van der Waals surface area contributed by atoms with Crippen LogP contribution in [0, 0.1) is 0 Å². The molecule has 102 valence electrons. The van der Waals surface area contributed by atoms with Crippen molar-refractivity contribution in [1.29, 1.82) is 0 Å². The van der Waals surface area contributed by atoms with Crippen molar-refractivity contribution < 1.29 is 9.90 Å². The van der Waals surface area contributed by atoms with Crippen LogP contribution in [-0.2, 0) is 11.8 Å². The van der Waals surface area contributed by atoms with Gasteiger partial charge in [0, 0.05) is 12.4 Å². The quantitative estimate of drug-likeness (QED) is 0.743. The molecule has 0 aliphatic carbocycles. The van der Waals surface area contributed by atoms with Crippen molar-refractivity contribution in [3.63, 3.8) is 0 Å². The number of carbonyl (C=O) groups is 1. The van der Waals surface area contributed by atoms with Gasteiger partial charge in [0.2, 0.25) is 5.16 Å². The molecule has 0 unspecified atom stereocenters. The second-order valence-corrected chi connectivity index (χ2v) is 5.75. The number of hydrogen-bond donors (Lipinski definition) is 1. The number of para-hydroxylation sites is 1. The minimum Gasteiger partial charge on any atom is -0.480 e. The summed E-state index contributed by atoms with van der Waals surface area (Å²) >= 11 is 1.09. The van der Waals surface area contributed by atoms with Gasteiger partial charge >= 0.3 is 5.97 Å². The Morgan fingerprint density at radius 3 is 2.85 bits per heavy atom. The largest absolute Gasteiger partial charge is 0.480 e.